The number of ether oxygens (including phenoxy) is 2. The summed E-state index contributed by atoms with van der Waals surface area (Å²) < 4.78 is 10.6. The molecule has 2 unspecified atom stereocenters. The van der Waals surface area contributed by atoms with E-state index in [4.69, 9.17) is 9.47 Å². The Bertz CT molecular complexity index is 888. The van der Waals surface area contributed by atoms with Gasteiger partial charge in [0, 0.05) is 25.2 Å². The molecule has 2 aromatic rings. The number of hydrogen-bond donors (Lipinski definition) is 0. The predicted octanol–water partition coefficient (Wildman–Crippen LogP) is 3.81. The van der Waals surface area contributed by atoms with E-state index < -0.39 is 0 Å². The third kappa shape index (κ3) is 3.86. The van der Waals surface area contributed by atoms with Gasteiger partial charge in [0.05, 0.1) is 26.2 Å². The second kappa shape index (κ2) is 8.78. The van der Waals surface area contributed by atoms with Crippen molar-refractivity contribution in [1.82, 2.24) is 4.90 Å². The molecular weight excluding hydrogens is 380 g/mol. The lowest BCUT2D eigenvalue weighted by molar-refractivity contribution is -0.137. The number of hydrogen-bond acceptors (Lipinski definition) is 4. The third-order valence-corrected chi connectivity index (χ3v) is 6.14. The largest absolute Gasteiger partial charge is 0.497 e. The van der Waals surface area contributed by atoms with E-state index in [-0.39, 0.29) is 23.8 Å². The molecular formula is C24H28N2O4. The standard InChI is InChI=1S/C24H28N2O4/c1-29-19-9-5-17(6-10-19)23-21(24(28)25-15-3-4-16-25)13-14-22(27)26(23)18-7-11-20(30-2)12-8-18/h5-12,21,23H,3-4,13-16H2,1-2H3. The minimum atomic E-state index is -0.348. The van der Waals surface area contributed by atoms with Crippen LogP contribution in [0.4, 0.5) is 5.69 Å². The number of nitrogens with zero attached hydrogens (tertiary/aromatic N) is 2. The molecule has 0 saturated carbocycles. The SMILES string of the molecule is COc1ccc(C2C(C(=O)N3CCCC3)CCC(=O)N2c2ccc(OC)cc2)cc1. The summed E-state index contributed by atoms with van der Waals surface area (Å²) in [6, 6.07) is 14.8. The molecule has 2 atom stereocenters. The topological polar surface area (TPSA) is 59.1 Å². The second-order valence-corrected chi connectivity index (χ2v) is 7.86. The first-order valence-corrected chi connectivity index (χ1v) is 10.5. The van der Waals surface area contributed by atoms with Crippen LogP contribution in [0.15, 0.2) is 48.5 Å². The van der Waals surface area contributed by atoms with Gasteiger partial charge in [0.2, 0.25) is 11.8 Å². The molecule has 0 N–H and O–H groups in total. The molecule has 2 saturated heterocycles. The van der Waals surface area contributed by atoms with E-state index >= 15 is 0 Å². The minimum Gasteiger partial charge on any atom is -0.497 e. The van der Waals surface area contributed by atoms with Crippen LogP contribution in [-0.4, -0.2) is 44.0 Å². The van der Waals surface area contributed by atoms with Gasteiger partial charge in [0.15, 0.2) is 0 Å². The highest BCUT2D eigenvalue weighted by Crippen LogP contribution is 2.41. The Balaban J connectivity index is 1.75. The van der Waals surface area contributed by atoms with Gasteiger partial charge < -0.3 is 19.3 Å². The Morgan fingerprint density at radius 1 is 0.900 bits per heavy atom. The molecule has 0 radical (unpaired) electrons. The predicted molar refractivity (Wildman–Crippen MR) is 115 cm³/mol. The number of likely N-dealkylation sites (tertiary alicyclic amines) is 1. The summed E-state index contributed by atoms with van der Waals surface area (Å²) in [4.78, 5) is 30.3. The van der Waals surface area contributed by atoms with Gasteiger partial charge in [0.1, 0.15) is 11.5 Å². The van der Waals surface area contributed by atoms with Gasteiger partial charge in [-0.05, 0) is 61.2 Å². The Morgan fingerprint density at radius 3 is 2.03 bits per heavy atom. The highest BCUT2D eigenvalue weighted by molar-refractivity contribution is 5.97. The van der Waals surface area contributed by atoms with E-state index in [0.717, 1.165) is 48.7 Å². The average Bonchev–Trinajstić information content (AvgIpc) is 3.33. The van der Waals surface area contributed by atoms with E-state index in [0.29, 0.717) is 12.8 Å². The lowest BCUT2D eigenvalue weighted by atomic mass is 9.82. The van der Waals surface area contributed by atoms with Crippen LogP contribution in [0.2, 0.25) is 0 Å². The monoisotopic (exact) mass is 408 g/mol. The van der Waals surface area contributed by atoms with E-state index in [9.17, 15) is 9.59 Å². The zero-order chi connectivity index (χ0) is 21.1. The van der Waals surface area contributed by atoms with Crippen LogP contribution in [0.25, 0.3) is 0 Å². The van der Waals surface area contributed by atoms with Crippen LogP contribution < -0.4 is 14.4 Å². The molecule has 0 aromatic heterocycles. The van der Waals surface area contributed by atoms with Gasteiger partial charge in [-0.1, -0.05) is 12.1 Å². The van der Waals surface area contributed by atoms with Crippen molar-refractivity contribution < 1.29 is 19.1 Å². The van der Waals surface area contributed by atoms with Crippen molar-refractivity contribution in [2.75, 3.05) is 32.2 Å². The minimum absolute atomic E-state index is 0.0338. The fraction of sp³-hybridized carbons (Fsp3) is 0.417. The summed E-state index contributed by atoms with van der Waals surface area (Å²) >= 11 is 0. The molecule has 0 bridgehead atoms. The van der Waals surface area contributed by atoms with E-state index in [1.54, 1.807) is 19.1 Å². The van der Waals surface area contributed by atoms with Crippen molar-refractivity contribution >= 4 is 17.5 Å². The summed E-state index contributed by atoms with van der Waals surface area (Å²) in [5.41, 5.74) is 1.72. The first-order valence-electron chi connectivity index (χ1n) is 10.5. The van der Waals surface area contributed by atoms with Gasteiger partial charge in [-0.3, -0.25) is 9.59 Å². The van der Waals surface area contributed by atoms with Gasteiger partial charge in [-0.25, -0.2) is 0 Å². The summed E-state index contributed by atoms with van der Waals surface area (Å²) in [5.74, 6) is 1.40. The van der Waals surface area contributed by atoms with Crippen molar-refractivity contribution in [2.45, 2.75) is 31.7 Å². The molecule has 2 aliphatic heterocycles. The number of amides is 2. The molecule has 158 valence electrons. The lowest BCUT2D eigenvalue weighted by Gasteiger charge is -2.42. The lowest BCUT2D eigenvalue weighted by Crippen LogP contribution is -2.48. The maximum atomic E-state index is 13.4. The number of rotatable bonds is 5. The Labute approximate surface area is 177 Å². The van der Waals surface area contributed by atoms with E-state index in [1.807, 2.05) is 53.4 Å². The zero-order valence-corrected chi connectivity index (χ0v) is 17.5. The van der Waals surface area contributed by atoms with Crippen LogP contribution >= 0.6 is 0 Å². The smallest absolute Gasteiger partial charge is 0.228 e. The third-order valence-electron chi connectivity index (χ3n) is 6.14. The van der Waals surface area contributed by atoms with Crippen molar-refractivity contribution in [2.24, 2.45) is 5.92 Å². The van der Waals surface area contributed by atoms with Gasteiger partial charge in [-0.2, -0.15) is 0 Å². The Hall–Kier alpha value is -3.02. The highest BCUT2D eigenvalue weighted by Gasteiger charge is 2.43. The molecule has 0 aliphatic carbocycles. The number of methoxy groups -OCH3 is 2. The molecule has 6 heteroatoms. The van der Waals surface area contributed by atoms with Crippen molar-refractivity contribution in [3.63, 3.8) is 0 Å². The quantitative estimate of drug-likeness (QED) is 0.755. The molecule has 2 aromatic carbocycles. The van der Waals surface area contributed by atoms with Crippen LogP contribution in [0.1, 0.15) is 37.3 Å². The molecule has 2 fully saturated rings. The normalized spacial score (nSPS) is 21.6. The summed E-state index contributed by atoms with van der Waals surface area (Å²) in [5, 5.41) is 0. The summed E-state index contributed by atoms with van der Waals surface area (Å²) in [6.45, 7) is 1.61. The summed E-state index contributed by atoms with van der Waals surface area (Å²) in [7, 11) is 3.24. The zero-order valence-electron chi connectivity index (χ0n) is 17.5. The molecule has 2 amide bonds. The first kappa shape index (κ1) is 20.3. The summed E-state index contributed by atoms with van der Waals surface area (Å²) in [6.07, 6.45) is 3.03. The number of benzene rings is 2. The van der Waals surface area contributed by atoms with Gasteiger partial charge >= 0.3 is 0 Å². The van der Waals surface area contributed by atoms with Gasteiger partial charge in [-0.15, -0.1) is 0 Å². The van der Waals surface area contributed by atoms with Crippen molar-refractivity contribution in [3.05, 3.63) is 54.1 Å². The Morgan fingerprint density at radius 2 is 1.47 bits per heavy atom. The van der Waals surface area contributed by atoms with E-state index in [2.05, 4.69) is 0 Å². The van der Waals surface area contributed by atoms with Crippen LogP contribution in [0.3, 0.4) is 0 Å². The van der Waals surface area contributed by atoms with Crippen LogP contribution in [0, 0.1) is 5.92 Å². The number of anilines is 1. The molecule has 0 spiro atoms. The average molecular weight is 408 g/mol. The second-order valence-electron chi connectivity index (χ2n) is 7.86. The van der Waals surface area contributed by atoms with E-state index in [1.165, 1.54) is 0 Å². The fourth-order valence-corrected chi connectivity index (χ4v) is 4.55. The Kier molecular flexibility index (Phi) is 5.93. The molecule has 4 rings (SSSR count). The molecule has 2 aliphatic rings. The van der Waals surface area contributed by atoms with Crippen LogP contribution in [-0.2, 0) is 9.59 Å². The van der Waals surface area contributed by atoms with Crippen LogP contribution in [0.5, 0.6) is 11.5 Å². The maximum Gasteiger partial charge on any atom is 0.228 e. The first-order chi connectivity index (χ1) is 14.6. The van der Waals surface area contributed by atoms with Crippen molar-refractivity contribution in [1.29, 1.82) is 0 Å². The molecule has 2 heterocycles. The van der Waals surface area contributed by atoms with Crippen molar-refractivity contribution in [3.8, 4) is 11.5 Å². The maximum absolute atomic E-state index is 13.4. The highest BCUT2D eigenvalue weighted by atomic mass is 16.5. The number of carbonyl (C=O) groups is 2. The fourth-order valence-electron chi connectivity index (χ4n) is 4.55. The van der Waals surface area contributed by atoms with Gasteiger partial charge in [0.25, 0.3) is 0 Å². The number of carbonyl (C=O) groups excluding carboxylic acids is 2. The molecule has 6 nitrogen and oxygen atoms in total. The molecule has 30 heavy (non-hydrogen) atoms. The number of piperidine rings is 1.